The largest absolute Gasteiger partial charge is 0.465 e. The van der Waals surface area contributed by atoms with Crippen molar-refractivity contribution in [1.82, 2.24) is 14.5 Å². The summed E-state index contributed by atoms with van der Waals surface area (Å²) in [5.74, 6) is 1.36. The molecule has 0 saturated carbocycles. The summed E-state index contributed by atoms with van der Waals surface area (Å²) in [6.45, 7) is 1.98. The Morgan fingerprint density at radius 1 is 1.28 bits per heavy atom. The number of carbonyl (C=O) groups is 2. The van der Waals surface area contributed by atoms with Crippen LogP contribution in [0.4, 0.5) is 0 Å². The number of aromatic nitrogens is 3. The van der Waals surface area contributed by atoms with Crippen molar-refractivity contribution in [3.05, 3.63) is 58.6 Å². The first-order valence-corrected chi connectivity index (χ1v) is 10.3. The molecule has 1 aromatic carbocycles. The lowest BCUT2D eigenvalue weighted by atomic mass is 10.0. The van der Waals surface area contributed by atoms with Gasteiger partial charge in [-0.25, -0.2) is 19.6 Å². The van der Waals surface area contributed by atoms with Crippen LogP contribution in [0.1, 0.15) is 38.9 Å². The van der Waals surface area contributed by atoms with Crippen molar-refractivity contribution in [2.24, 2.45) is 5.92 Å². The first kappa shape index (κ1) is 21.8. The third kappa shape index (κ3) is 4.05. The van der Waals surface area contributed by atoms with E-state index in [2.05, 4.69) is 15.9 Å². The lowest BCUT2D eigenvalue weighted by Gasteiger charge is -2.18. The van der Waals surface area contributed by atoms with Crippen molar-refractivity contribution in [1.29, 1.82) is 0 Å². The second-order valence-electron chi connectivity index (χ2n) is 7.43. The number of hydrogen-bond donors (Lipinski definition) is 0. The van der Waals surface area contributed by atoms with Crippen molar-refractivity contribution < 1.29 is 23.8 Å². The van der Waals surface area contributed by atoms with Crippen molar-refractivity contribution in [2.45, 2.75) is 25.7 Å². The number of aryl methyl sites for hydroxylation is 1. The summed E-state index contributed by atoms with van der Waals surface area (Å²) in [4.78, 5) is 32.8. The molecular formula is C23H20ClN3O5. The number of carbonyl (C=O) groups excluding carboxylic acids is 2. The molecule has 0 spiro atoms. The highest BCUT2D eigenvalue weighted by Gasteiger charge is 2.38. The van der Waals surface area contributed by atoms with Gasteiger partial charge in [0.15, 0.2) is 0 Å². The number of esters is 2. The summed E-state index contributed by atoms with van der Waals surface area (Å²) < 4.78 is 18.1. The molecule has 1 aliphatic heterocycles. The summed E-state index contributed by atoms with van der Waals surface area (Å²) >= 11 is 6.22. The highest BCUT2D eigenvalue weighted by Crippen LogP contribution is 2.38. The fraction of sp³-hybridized carbons (Fsp3) is 0.304. The summed E-state index contributed by atoms with van der Waals surface area (Å²) in [7, 11) is 1.28. The van der Waals surface area contributed by atoms with Gasteiger partial charge >= 0.3 is 11.9 Å². The molecule has 9 heteroatoms. The molecule has 164 valence electrons. The third-order valence-electron chi connectivity index (χ3n) is 5.34. The van der Waals surface area contributed by atoms with Gasteiger partial charge in [0.25, 0.3) is 0 Å². The Labute approximate surface area is 189 Å². The number of halogens is 1. The summed E-state index contributed by atoms with van der Waals surface area (Å²) in [6.07, 6.45) is 8.01. The molecule has 0 unspecified atom stereocenters. The highest BCUT2D eigenvalue weighted by molar-refractivity contribution is 6.35. The minimum atomic E-state index is -0.630. The number of fused-ring (bicyclic) bond motifs is 1. The molecule has 0 aliphatic carbocycles. The molecule has 1 fully saturated rings. The summed E-state index contributed by atoms with van der Waals surface area (Å²) in [5, 5.41) is 0.475. The lowest BCUT2D eigenvalue weighted by molar-refractivity contribution is -0.0350. The number of hydrogen-bond acceptors (Lipinski definition) is 7. The zero-order valence-electron chi connectivity index (χ0n) is 17.4. The highest BCUT2D eigenvalue weighted by atomic mass is 35.5. The van der Waals surface area contributed by atoms with E-state index in [1.807, 2.05) is 19.1 Å². The van der Waals surface area contributed by atoms with E-state index in [4.69, 9.17) is 32.2 Å². The summed E-state index contributed by atoms with van der Waals surface area (Å²) in [6, 6.07) is 7.11. The second kappa shape index (κ2) is 8.99. The van der Waals surface area contributed by atoms with Crippen LogP contribution in [-0.4, -0.2) is 46.3 Å². The van der Waals surface area contributed by atoms with E-state index in [1.54, 1.807) is 22.9 Å². The Balaban J connectivity index is 1.56. The van der Waals surface area contributed by atoms with Gasteiger partial charge in [-0.2, -0.15) is 0 Å². The van der Waals surface area contributed by atoms with E-state index < -0.39 is 24.3 Å². The van der Waals surface area contributed by atoms with Gasteiger partial charge in [0.2, 0.25) is 0 Å². The number of methoxy groups -OCH3 is 1. The first-order valence-electron chi connectivity index (χ1n) is 9.87. The maximum absolute atomic E-state index is 12.3. The minimum Gasteiger partial charge on any atom is -0.465 e. The first-order chi connectivity index (χ1) is 15.4. The Morgan fingerprint density at radius 3 is 2.72 bits per heavy atom. The fourth-order valence-corrected chi connectivity index (χ4v) is 3.94. The maximum Gasteiger partial charge on any atom is 0.340 e. The van der Waals surface area contributed by atoms with Crippen LogP contribution in [0.3, 0.4) is 0 Å². The molecule has 1 aliphatic rings. The van der Waals surface area contributed by atoms with Crippen LogP contribution in [0.5, 0.6) is 0 Å². The molecule has 1 saturated heterocycles. The van der Waals surface area contributed by atoms with Gasteiger partial charge in [-0.1, -0.05) is 35.2 Å². The topological polar surface area (TPSA) is 92.5 Å². The van der Waals surface area contributed by atoms with E-state index >= 15 is 0 Å². The van der Waals surface area contributed by atoms with E-state index in [-0.39, 0.29) is 23.2 Å². The molecule has 0 amide bonds. The van der Waals surface area contributed by atoms with Gasteiger partial charge in [-0.15, -0.1) is 6.42 Å². The van der Waals surface area contributed by atoms with Crippen LogP contribution < -0.4 is 0 Å². The maximum atomic E-state index is 12.3. The molecule has 2 aromatic heterocycles. The van der Waals surface area contributed by atoms with Gasteiger partial charge in [0.1, 0.15) is 30.0 Å². The van der Waals surface area contributed by atoms with Crippen molar-refractivity contribution in [3.63, 3.8) is 0 Å². The molecule has 0 bridgehead atoms. The predicted octanol–water partition coefficient (Wildman–Crippen LogP) is 3.57. The standard InChI is InChI=1S/C23H20ClN3O5/c1-4-14-9-16(11-31-22(28)15-7-5-13(2)6-8-15)32-21(14)27-10-17(23(29)30-3)18-19(24)25-12-26-20(18)27/h1,5-8,10,12,14,16,21H,9,11H2,2-3H3/t14-,16-,21+/m0/s1. The molecule has 0 N–H and O–H groups in total. The molecule has 4 rings (SSSR count). The molecule has 0 radical (unpaired) electrons. The van der Waals surface area contributed by atoms with Crippen LogP contribution >= 0.6 is 11.6 Å². The van der Waals surface area contributed by atoms with Gasteiger partial charge in [-0.05, 0) is 25.5 Å². The van der Waals surface area contributed by atoms with Gasteiger partial charge in [0.05, 0.1) is 35.6 Å². The quantitative estimate of drug-likeness (QED) is 0.331. The van der Waals surface area contributed by atoms with Crippen LogP contribution in [0.25, 0.3) is 11.0 Å². The Morgan fingerprint density at radius 2 is 2.03 bits per heavy atom. The smallest absolute Gasteiger partial charge is 0.340 e. The van der Waals surface area contributed by atoms with Gasteiger partial charge < -0.3 is 18.8 Å². The van der Waals surface area contributed by atoms with Crippen LogP contribution in [0.2, 0.25) is 5.15 Å². The lowest BCUT2D eigenvalue weighted by Crippen LogP contribution is -2.19. The van der Waals surface area contributed by atoms with Crippen LogP contribution in [-0.2, 0) is 14.2 Å². The van der Waals surface area contributed by atoms with Gasteiger partial charge in [-0.3, -0.25) is 0 Å². The van der Waals surface area contributed by atoms with E-state index in [0.29, 0.717) is 23.0 Å². The SMILES string of the molecule is C#C[C@H]1C[C@@H](COC(=O)c2ccc(C)cc2)O[C@H]1n1cc(C(=O)OC)c2c(Cl)ncnc21. The van der Waals surface area contributed by atoms with Crippen molar-refractivity contribution in [2.75, 3.05) is 13.7 Å². The predicted molar refractivity (Wildman–Crippen MR) is 116 cm³/mol. The number of rotatable bonds is 5. The average molecular weight is 454 g/mol. The normalized spacial score (nSPS) is 20.1. The molecule has 3 heterocycles. The number of benzene rings is 1. The van der Waals surface area contributed by atoms with E-state index in [1.165, 1.54) is 13.4 Å². The fourth-order valence-electron chi connectivity index (χ4n) is 3.71. The number of nitrogens with zero attached hydrogens (tertiary/aromatic N) is 3. The summed E-state index contributed by atoms with van der Waals surface area (Å²) in [5.41, 5.74) is 2.12. The van der Waals surface area contributed by atoms with Crippen LogP contribution in [0.15, 0.2) is 36.8 Å². The molecule has 32 heavy (non-hydrogen) atoms. The second-order valence-corrected chi connectivity index (χ2v) is 7.78. The molecule has 3 aromatic rings. The Hall–Kier alpha value is -3.41. The zero-order chi connectivity index (χ0) is 22.8. The molecule has 3 atom stereocenters. The zero-order valence-corrected chi connectivity index (χ0v) is 18.2. The molecule has 8 nitrogen and oxygen atoms in total. The van der Waals surface area contributed by atoms with E-state index in [9.17, 15) is 9.59 Å². The monoisotopic (exact) mass is 453 g/mol. The number of terminal acetylenes is 1. The van der Waals surface area contributed by atoms with Crippen LogP contribution in [0, 0.1) is 25.2 Å². The van der Waals surface area contributed by atoms with Gasteiger partial charge in [0, 0.05) is 6.20 Å². The Kier molecular flexibility index (Phi) is 6.12. The average Bonchev–Trinajstić information content (AvgIpc) is 3.39. The van der Waals surface area contributed by atoms with Crippen molar-refractivity contribution in [3.8, 4) is 12.3 Å². The third-order valence-corrected chi connectivity index (χ3v) is 5.62. The number of ether oxygens (including phenoxy) is 3. The minimum absolute atomic E-state index is 0.0419. The Bertz CT molecular complexity index is 1210. The van der Waals surface area contributed by atoms with E-state index in [0.717, 1.165) is 5.56 Å². The van der Waals surface area contributed by atoms with Crippen molar-refractivity contribution >= 4 is 34.6 Å². The molecular weight excluding hydrogens is 434 g/mol.